The highest BCUT2D eigenvalue weighted by Crippen LogP contribution is 2.28. The van der Waals surface area contributed by atoms with Crippen molar-refractivity contribution in [3.8, 4) is 11.5 Å². The largest absolute Gasteiger partial charge is 0.497 e. The number of aryl methyl sites for hydroxylation is 2. The molecule has 0 saturated heterocycles. The van der Waals surface area contributed by atoms with Gasteiger partial charge in [-0.3, -0.25) is 14.7 Å². The van der Waals surface area contributed by atoms with Gasteiger partial charge in [0, 0.05) is 18.3 Å². The number of aromatic amines is 1. The number of nitrogens with zero attached hydrogens (tertiary/aromatic N) is 1. The lowest BCUT2D eigenvalue weighted by atomic mass is 10.1. The summed E-state index contributed by atoms with van der Waals surface area (Å²) in [6, 6.07) is 5.05. The molecule has 0 aliphatic carbocycles. The summed E-state index contributed by atoms with van der Waals surface area (Å²) in [5.41, 5.74) is 3.43. The van der Waals surface area contributed by atoms with E-state index in [1.54, 1.807) is 18.2 Å². The molecule has 0 bridgehead atoms. The van der Waals surface area contributed by atoms with Crippen LogP contribution in [0.4, 0.5) is 5.69 Å². The van der Waals surface area contributed by atoms with Crippen LogP contribution in [-0.2, 0) is 16.0 Å². The van der Waals surface area contributed by atoms with Crippen LogP contribution in [0.15, 0.2) is 18.2 Å². The molecular weight excluding hydrogens is 336 g/mol. The quantitative estimate of drug-likeness (QED) is 0.622. The Hall–Kier alpha value is -3.03. The number of aromatic nitrogens is 2. The molecule has 0 fully saturated rings. The number of benzene rings is 1. The first-order valence-corrected chi connectivity index (χ1v) is 8.23. The van der Waals surface area contributed by atoms with Crippen molar-refractivity contribution in [1.29, 1.82) is 0 Å². The van der Waals surface area contributed by atoms with Gasteiger partial charge < -0.3 is 20.1 Å². The molecule has 0 radical (unpaired) electrons. The molecule has 1 heterocycles. The van der Waals surface area contributed by atoms with Gasteiger partial charge in [-0.05, 0) is 38.0 Å². The molecule has 0 unspecified atom stereocenters. The molecule has 8 nitrogen and oxygen atoms in total. The number of methoxy groups -OCH3 is 2. The van der Waals surface area contributed by atoms with E-state index in [0.717, 1.165) is 17.0 Å². The molecule has 2 rings (SSSR count). The van der Waals surface area contributed by atoms with Gasteiger partial charge in [0.1, 0.15) is 17.9 Å². The van der Waals surface area contributed by atoms with E-state index >= 15 is 0 Å². The first-order valence-electron chi connectivity index (χ1n) is 8.23. The second kappa shape index (κ2) is 8.89. The third kappa shape index (κ3) is 4.98. The maximum atomic E-state index is 12.1. The summed E-state index contributed by atoms with van der Waals surface area (Å²) in [7, 11) is 3.04. The zero-order valence-electron chi connectivity index (χ0n) is 15.4. The van der Waals surface area contributed by atoms with Gasteiger partial charge in [-0.1, -0.05) is 0 Å². The molecule has 0 aliphatic heterocycles. The third-order valence-electron chi connectivity index (χ3n) is 3.98. The van der Waals surface area contributed by atoms with Crippen molar-refractivity contribution in [2.24, 2.45) is 0 Å². The molecule has 3 N–H and O–H groups in total. The minimum atomic E-state index is -0.426. The molecule has 0 atom stereocenters. The molecule has 1 aromatic carbocycles. The van der Waals surface area contributed by atoms with Crippen LogP contribution < -0.4 is 20.1 Å². The van der Waals surface area contributed by atoms with Crippen molar-refractivity contribution in [3.63, 3.8) is 0 Å². The number of carbonyl (C=O) groups excluding carboxylic acids is 2. The molecule has 0 spiro atoms. The average Bonchev–Trinajstić information content (AvgIpc) is 2.93. The fourth-order valence-electron chi connectivity index (χ4n) is 2.58. The molecule has 140 valence electrons. The van der Waals surface area contributed by atoms with Crippen LogP contribution in [0.5, 0.6) is 11.5 Å². The van der Waals surface area contributed by atoms with Crippen LogP contribution in [0.2, 0.25) is 0 Å². The molecule has 2 amide bonds. The summed E-state index contributed by atoms with van der Waals surface area (Å²) in [5.74, 6) is 0.301. The van der Waals surface area contributed by atoms with Gasteiger partial charge in [-0.15, -0.1) is 0 Å². The highest BCUT2D eigenvalue weighted by molar-refractivity contribution is 6.04. The second-order valence-corrected chi connectivity index (χ2v) is 5.80. The maximum Gasteiger partial charge on any atom is 0.233 e. The van der Waals surface area contributed by atoms with Crippen LogP contribution in [0.1, 0.15) is 23.4 Å². The Balaban J connectivity index is 1.85. The summed E-state index contributed by atoms with van der Waals surface area (Å²) in [6.45, 7) is 4.29. The van der Waals surface area contributed by atoms with Gasteiger partial charge in [0.05, 0.1) is 25.6 Å². The molecule has 1 aromatic heterocycles. The number of hydrogen-bond donors (Lipinski definition) is 3. The molecule has 2 aromatic rings. The van der Waals surface area contributed by atoms with Gasteiger partial charge >= 0.3 is 0 Å². The molecule has 0 aliphatic rings. The Labute approximate surface area is 152 Å². The SMILES string of the molecule is COc1ccc(OC)c(NC(=O)CC(=O)NCCc2c(C)n[nH]c2C)c1. The van der Waals surface area contributed by atoms with Crippen molar-refractivity contribution in [2.75, 3.05) is 26.1 Å². The molecule has 26 heavy (non-hydrogen) atoms. The normalized spacial score (nSPS) is 10.3. The fourth-order valence-corrected chi connectivity index (χ4v) is 2.58. The standard InChI is InChI=1S/C18H24N4O4/c1-11-14(12(2)22-21-11)7-8-19-17(23)10-18(24)20-15-9-13(25-3)5-6-16(15)26-4/h5-6,9H,7-8,10H2,1-4H3,(H,19,23)(H,20,24)(H,21,22). The van der Waals surface area contributed by atoms with E-state index < -0.39 is 5.91 Å². The zero-order chi connectivity index (χ0) is 19.1. The number of ether oxygens (including phenoxy) is 2. The summed E-state index contributed by atoms with van der Waals surface area (Å²) in [4.78, 5) is 24.1. The second-order valence-electron chi connectivity index (χ2n) is 5.80. The number of carbonyl (C=O) groups is 2. The lowest BCUT2D eigenvalue weighted by Crippen LogP contribution is -2.29. The topological polar surface area (TPSA) is 105 Å². The smallest absolute Gasteiger partial charge is 0.233 e. The Morgan fingerprint density at radius 1 is 1.15 bits per heavy atom. The highest BCUT2D eigenvalue weighted by atomic mass is 16.5. The van der Waals surface area contributed by atoms with Crippen molar-refractivity contribution >= 4 is 17.5 Å². The number of H-pyrrole nitrogens is 1. The van der Waals surface area contributed by atoms with E-state index in [0.29, 0.717) is 30.2 Å². The monoisotopic (exact) mass is 360 g/mol. The van der Waals surface area contributed by atoms with Gasteiger partial charge in [0.15, 0.2) is 0 Å². The van der Waals surface area contributed by atoms with Gasteiger partial charge in [0.25, 0.3) is 0 Å². The van der Waals surface area contributed by atoms with Crippen LogP contribution in [0, 0.1) is 13.8 Å². The third-order valence-corrected chi connectivity index (χ3v) is 3.98. The fraction of sp³-hybridized carbons (Fsp3) is 0.389. The van der Waals surface area contributed by atoms with Crippen molar-refractivity contribution < 1.29 is 19.1 Å². The Bertz CT molecular complexity index is 766. The molecule has 0 saturated carbocycles. The summed E-state index contributed by atoms with van der Waals surface area (Å²) in [6.07, 6.45) is 0.384. The first kappa shape index (κ1) is 19.3. The van der Waals surface area contributed by atoms with Crippen molar-refractivity contribution in [1.82, 2.24) is 15.5 Å². The van der Waals surface area contributed by atoms with Crippen LogP contribution in [0.25, 0.3) is 0 Å². The van der Waals surface area contributed by atoms with E-state index in [4.69, 9.17) is 9.47 Å². The molecule has 8 heteroatoms. The number of amides is 2. The van der Waals surface area contributed by atoms with Crippen LogP contribution >= 0.6 is 0 Å². The summed E-state index contributed by atoms with van der Waals surface area (Å²) >= 11 is 0. The summed E-state index contributed by atoms with van der Waals surface area (Å²) in [5, 5.41) is 12.4. The zero-order valence-corrected chi connectivity index (χ0v) is 15.4. The number of anilines is 1. The van der Waals surface area contributed by atoms with Crippen LogP contribution in [0.3, 0.4) is 0 Å². The van der Waals surface area contributed by atoms with E-state index in [9.17, 15) is 9.59 Å². The predicted molar refractivity (Wildman–Crippen MR) is 97.6 cm³/mol. The van der Waals surface area contributed by atoms with E-state index in [2.05, 4.69) is 20.8 Å². The van der Waals surface area contributed by atoms with Gasteiger partial charge in [-0.25, -0.2) is 0 Å². The van der Waals surface area contributed by atoms with E-state index in [-0.39, 0.29) is 12.3 Å². The Kier molecular flexibility index (Phi) is 6.60. The number of rotatable bonds is 8. The minimum absolute atomic E-state index is 0.274. The minimum Gasteiger partial charge on any atom is -0.497 e. The predicted octanol–water partition coefficient (Wildman–Crippen LogP) is 1.73. The Morgan fingerprint density at radius 2 is 1.92 bits per heavy atom. The maximum absolute atomic E-state index is 12.1. The number of hydrogen-bond acceptors (Lipinski definition) is 5. The first-order chi connectivity index (χ1) is 12.4. The Morgan fingerprint density at radius 3 is 2.54 bits per heavy atom. The average molecular weight is 360 g/mol. The van der Waals surface area contributed by atoms with Crippen molar-refractivity contribution in [2.45, 2.75) is 26.7 Å². The van der Waals surface area contributed by atoms with Gasteiger partial charge in [-0.2, -0.15) is 5.10 Å². The van der Waals surface area contributed by atoms with Gasteiger partial charge in [0.2, 0.25) is 11.8 Å². The lowest BCUT2D eigenvalue weighted by molar-refractivity contribution is -0.126. The van der Waals surface area contributed by atoms with Crippen LogP contribution in [-0.4, -0.2) is 42.8 Å². The number of nitrogens with one attached hydrogen (secondary N) is 3. The lowest BCUT2D eigenvalue weighted by Gasteiger charge is -2.12. The van der Waals surface area contributed by atoms with E-state index in [1.807, 2.05) is 13.8 Å². The van der Waals surface area contributed by atoms with Crippen molar-refractivity contribution in [3.05, 3.63) is 35.2 Å². The molecular formula is C18H24N4O4. The highest BCUT2D eigenvalue weighted by Gasteiger charge is 2.13. The summed E-state index contributed by atoms with van der Waals surface area (Å²) < 4.78 is 10.3. The van der Waals surface area contributed by atoms with E-state index in [1.165, 1.54) is 14.2 Å².